The summed E-state index contributed by atoms with van der Waals surface area (Å²) in [6.07, 6.45) is 0. The maximum absolute atomic E-state index is 12.5. The number of nitrogens with zero attached hydrogens (tertiary/aromatic N) is 2. The second kappa shape index (κ2) is 6.40. The van der Waals surface area contributed by atoms with Gasteiger partial charge in [0.15, 0.2) is 0 Å². The van der Waals surface area contributed by atoms with Gasteiger partial charge in [-0.1, -0.05) is 17.7 Å². The van der Waals surface area contributed by atoms with Crippen LogP contribution in [0.25, 0.3) is 0 Å². The van der Waals surface area contributed by atoms with Crippen molar-refractivity contribution in [2.45, 2.75) is 22.8 Å². The van der Waals surface area contributed by atoms with Crippen LogP contribution in [0.1, 0.15) is 5.56 Å². The molecule has 0 aromatic heterocycles. The van der Waals surface area contributed by atoms with Gasteiger partial charge in [0.1, 0.15) is 0 Å². The molecule has 16 heteroatoms. The summed E-state index contributed by atoms with van der Waals surface area (Å²) in [6, 6.07) is 3.95. The van der Waals surface area contributed by atoms with Crippen molar-refractivity contribution in [2.75, 3.05) is 0 Å². The first-order valence-electron chi connectivity index (χ1n) is 5.70. The van der Waals surface area contributed by atoms with Gasteiger partial charge in [0.25, 0.3) is 0 Å². The minimum atomic E-state index is -6.42. The summed E-state index contributed by atoms with van der Waals surface area (Å²) in [4.78, 5) is -0.737. The number of rotatable bonds is 3. The lowest BCUT2D eigenvalue weighted by atomic mass is 10.2. The fourth-order valence-electron chi connectivity index (χ4n) is 1.22. The smallest absolute Gasteiger partial charge is 0.256 e. The summed E-state index contributed by atoms with van der Waals surface area (Å²) in [5, 5.41) is 5.23. The maximum atomic E-state index is 12.5. The molecule has 0 spiro atoms. The summed E-state index contributed by atoms with van der Waals surface area (Å²) in [6.45, 7) is 1.49. The number of halogens is 6. The molecule has 0 amide bonds. The first-order valence-corrected chi connectivity index (χ1v) is 10.2. The number of alkyl halides is 6. The Morgan fingerprint density at radius 2 is 1.12 bits per heavy atom. The normalized spacial score (nSPS) is 14.2. The van der Waals surface area contributed by atoms with Gasteiger partial charge in [-0.3, -0.25) is 5.14 Å². The van der Waals surface area contributed by atoms with Gasteiger partial charge in [-0.25, -0.2) is 0 Å². The predicted molar refractivity (Wildman–Crippen MR) is 75.8 cm³/mol. The van der Waals surface area contributed by atoms with E-state index < -0.39 is 45.8 Å². The lowest BCUT2D eigenvalue weighted by Gasteiger charge is -2.13. The Morgan fingerprint density at radius 1 is 0.800 bits per heavy atom. The van der Waals surface area contributed by atoms with E-state index in [0.29, 0.717) is 5.56 Å². The lowest BCUT2D eigenvalue weighted by Crippen LogP contribution is -2.28. The van der Waals surface area contributed by atoms with Crippen molar-refractivity contribution in [3.63, 3.8) is 0 Å². The van der Waals surface area contributed by atoms with E-state index in [1.165, 1.54) is 6.92 Å². The summed E-state index contributed by atoms with van der Waals surface area (Å²) in [7, 11) is -17.6. The number of benzene rings is 1. The molecule has 0 atom stereocenters. The van der Waals surface area contributed by atoms with Crippen LogP contribution in [0.3, 0.4) is 0 Å². The van der Waals surface area contributed by atoms with Crippen LogP contribution < -0.4 is 5.14 Å². The highest BCUT2D eigenvalue weighted by Crippen LogP contribution is 2.30. The van der Waals surface area contributed by atoms with Crippen LogP contribution in [0.4, 0.5) is 26.3 Å². The Bertz CT molecular complexity index is 929. The fraction of sp³-hybridized carbons (Fsp3) is 0.333. The van der Waals surface area contributed by atoms with E-state index in [2.05, 4.69) is 7.54 Å². The topological polar surface area (TPSA) is 119 Å². The lowest BCUT2D eigenvalue weighted by molar-refractivity contribution is -0.0439. The molecular weight excluding hydrogens is 424 g/mol. The molecule has 2 N–H and O–H groups in total. The SMILES string of the molecule is Cc1ccc(S(N)(=NS(=O)(=O)C(F)(F)F)=NS(=O)(=O)C(F)(F)F)cc1. The molecule has 0 aliphatic carbocycles. The Balaban J connectivity index is 3.99. The third-order valence-corrected chi connectivity index (χ3v) is 7.90. The minimum Gasteiger partial charge on any atom is -0.256 e. The van der Waals surface area contributed by atoms with Crippen LogP contribution in [-0.4, -0.2) is 27.9 Å². The zero-order valence-corrected chi connectivity index (χ0v) is 14.4. The molecular formula is C9H9F6N3O4S3. The monoisotopic (exact) mass is 433 g/mol. The molecule has 25 heavy (non-hydrogen) atoms. The predicted octanol–water partition coefficient (Wildman–Crippen LogP) is 2.45. The van der Waals surface area contributed by atoms with E-state index in [-0.39, 0.29) is 0 Å². The van der Waals surface area contributed by atoms with Gasteiger partial charge in [0, 0.05) is 4.90 Å². The molecule has 0 heterocycles. The second-order valence-electron chi connectivity index (χ2n) is 4.40. The van der Waals surface area contributed by atoms with Crippen LogP contribution in [0.2, 0.25) is 0 Å². The summed E-state index contributed by atoms with van der Waals surface area (Å²) < 4.78 is 124. The average Bonchev–Trinajstić information content (AvgIpc) is 2.34. The van der Waals surface area contributed by atoms with Gasteiger partial charge in [0.05, 0.1) is 9.81 Å². The van der Waals surface area contributed by atoms with Gasteiger partial charge in [-0.15, -0.1) is 7.54 Å². The van der Waals surface area contributed by atoms with Gasteiger partial charge in [0.2, 0.25) is 0 Å². The minimum absolute atomic E-state index is 0.475. The molecule has 0 aliphatic rings. The second-order valence-corrected chi connectivity index (χ2v) is 10.1. The summed E-state index contributed by atoms with van der Waals surface area (Å²) >= 11 is 0. The van der Waals surface area contributed by atoms with Crippen LogP contribution in [-0.2, 0) is 29.9 Å². The molecule has 7 nitrogen and oxygen atoms in total. The molecule has 0 unspecified atom stereocenters. The molecule has 0 aliphatic heterocycles. The number of hydrogen-bond donors (Lipinski definition) is 1. The molecule has 0 fully saturated rings. The Kier molecular flexibility index (Phi) is 5.55. The number of hydrogen-bond acceptors (Lipinski definition) is 4. The number of nitrogens with two attached hydrogens (primary N) is 1. The molecule has 1 rings (SSSR count). The molecule has 0 bridgehead atoms. The molecule has 0 radical (unpaired) electrons. The van der Waals surface area contributed by atoms with E-state index in [9.17, 15) is 43.2 Å². The van der Waals surface area contributed by atoms with Gasteiger partial charge in [-0.2, -0.15) is 43.2 Å². The highest BCUT2D eigenvalue weighted by Gasteiger charge is 2.49. The van der Waals surface area contributed by atoms with E-state index >= 15 is 0 Å². The zero-order valence-electron chi connectivity index (χ0n) is 11.9. The molecule has 0 saturated heterocycles. The van der Waals surface area contributed by atoms with E-state index in [1.54, 1.807) is 0 Å². The Labute approximate surface area is 138 Å². The highest BCUT2D eigenvalue weighted by atomic mass is 32.3. The number of aryl methyl sites for hydroxylation is 1. The Hall–Kier alpha value is -1.39. The van der Waals surface area contributed by atoms with E-state index in [4.69, 9.17) is 5.14 Å². The van der Waals surface area contributed by atoms with Crippen molar-refractivity contribution in [2.24, 2.45) is 12.7 Å². The third kappa shape index (κ3) is 4.83. The van der Waals surface area contributed by atoms with Crippen LogP contribution >= 0.6 is 0 Å². The van der Waals surface area contributed by atoms with Crippen molar-refractivity contribution in [1.29, 1.82) is 0 Å². The first-order chi connectivity index (χ1) is 10.9. The average molecular weight is 433 g/mol. The Morgan fingerprint density at radius 3 is 1.40 bits per heavy atom. The fourth-order valence-corrected chi connectivity index (χ4v) is 5.87. The van der Waals surface area contributed by atoms with Crippen LogP contribution in [0, 0.1) is 6.92 Å². The largest absolute Gasteiger partial charge is 0.519 e. The van der Waals surface area contributed by atoms with Crippen LogP contribution in [0.15, 0.2) is 36.7 Å². The van der Waals surface area contributed by atoms with Crippen molar-refractivity contribution in [3.8, 4) is 0 Å². The number of sulfonamides is 2. The zero-order chi connectivity index (χ0) is 19.9. The van der Waals surface area contributed by atoms with Gasteiger partial charge < -0.3 is 0 Å². The van der Waals surface area contributed by atoms with Gasteiger partial charge >= 0.3 is 31.1 Å². The van der Waals surface area contributed by atoms with E-state index in [1.807, 2.05) is 0 Å². The van der Waals surface area contributed by atoms with Crippen molar-refractivity contribution in [1.82, 2.24) is 0 Å². The van der Waals surface area contributed by atoms with Crippen LogP contribution in [0.5, 0.6) is 0 Å². The van der Waals surface area contributed by atoms with E-state index in [0.717, 1.165) is 24.3 Å². The maximum Gasteiger partial charge on any atom is 0.519 e. The quantitative estimate of drug-likeness (QED) is 0.735. The molecule has 1 aromatic rings. The van der Waals surface area contributed by atoms with Crippen molar-refractivity contribution in [3.05, 3.63) is 29.8 Å². The van der Waals surface area contributed by atoms with Gasteiger partial charge in [-0.05, 0) is 19.1 Å². The third-order valence-electron chi connectivity index (χ3n) is 2.38. The van der Waals surface area contributed by atoms with Crippen molar-refractivity contribution >= 4 is 29.9 Å². The summed E-state index contributed by atoms with van der Waals surface area (Å²) in [5.74, 6) is 0. The highest BCUT2D eigenvalue weighted by molar-refractivity contribution is 8.08. The van der Waals surface area contributed by atoms with Crippen molar-refractivity contribution < 1.29 is 43.2 Å². The summed E-state index contributed by atoms with van der Waals surface area (Å²) in [5.41, 5.74) is -11.5. The molecule has 0 saturated carbocycles. The standard InChI is InChI=1S/C9H9F6N3O4S3/c1-6-2-4-7(5-3-6)23(16,17-24(19,20)8(10,11)12)18-25(21,22)9(13,14)15/h2-5H,1H3,(H2,16,17,18). The first kappa shape index (κ1) is 21.7. The molecule has 144 valence electrons. The molecule has 1 aromatic carbocycles.